The summed E-state index contributed by atoms with van der Waals surface area (Å²) in [7, 11) is 1.40. The number of hydrogen-bond acceptors (Lipinski definition) is 6. The number of nitrogens with zero attached hydrogens (tertiary/aromatic N) is 1. The molecule has 0 aliphatic heterocycles. The number of carbonyl (C=O) groups is 2. The second kappa shape index (κ2) is 49.2. The highest BCUT2D eigenvalue weighted by atomic mass is 31.2. The van der Waals surface area contributed by atoms with E-state index in [0.29, 0.717) is 23.9 Å². The normalized spacial score (nSPS) is 15.1. The van der Waals surface area contributed by atoms with Crippen molar-refractivity contribution in [3.05, 3.63) is 158 Å². The Labute approximate surface area is 433 Å². The molecule has 0 saturated heterocycles. The van der Waals surface area contributed by atoms with Gasteiger partial charge in [0, 0.05) is 12.8 Å². The number of nitrogens with one attached hydrogen (secondary N) is 1. The van der Waals surface area contributed by atoms with Crippen LogP contribution < -0.4 is 5.32 Å². The molecule has 0 aliphatic rings. The molecule has 3 unspecified atom stereocenters. The number of esters is 1. The number of carbonyl (C=O) groups excluding carboxylic acids is 2. The van der Waals surface area contributed by atoms with Crippen LogP contribution in [0.1, 0.15) is 162 Å². The maximum Gasteiger partial charge on any atom is 0.472 e. The van der Waals surface area contributed by atoms with Crippen molar-refractivity contribution in [3.8, 4) is 0 Å². The number of hydrogen-bond donors (Lipinski definition) is 2. The van der Waals surface area contributed by atoms with Gasteiger partial charge >= 0.3 is 13.8 Å². The molecule has 0 aromatic heterocycles. The lowest BCUT2D eigenvalue weighted by Gasteiger charge is -2.27. The Morgan fingerprint density at radius 2 is 0.901 bits per heavy atom. The third kappa shape index (κ3) is 50.4. The van der Waals surface area contributed by atoms with E-state index in [2.05, 4.69) is 50.4 Å². The van der Waals surface area contributed by atoms with Crippen LogP contribution in [0, 0.1) is 0 Å². The number of ether oxygens (including phenoxy) is 1. The molecule has 0 saturated carbocycles. The average molecular weight is 1000 g/mol. The maximum absolute atomic E-state index is 13.5. The molecule has 3 atom stereocenters. The van der Waals surface area contributed by atoms with Crippen LogP contribution in [0.25, 0.3) is 0 Å². The predicted octanol–water partition coefficient (Wildman–Crippen LogP) is 16.1. The summed E-state index contributed by atoms with van der Waals surface area (Å²) in [5, 5.41) is 3.00. The van der Waals surface area contributed by atoms with Gasteiger partial charge in [-0.15, -0.1) is 0 Å². The van der Waals surface area contributed by atoms with Gasteiger partial charge in [-0.2, -0.15) is 0 Å². The molecule has 0 aliphatic carbocycles. The Morgan fingerprint density at radius 1 is 0.507 bits per heavy atom. The van der Waals surface area contributed by atoms with E-state index in [1.165, 1.54) is 44.9 Å². The molecule has 0 bridgehead atoms. The van der Waals surface area contributed by atoms with Crippen LogP contribution in [0.2, 0.25) is 0 Å². The number of phosphoric ester groups is 1. The zero-order chi connectivity index (χ0) is 52.2. The second-order valence-corrected chi connectivity index (χ2v) is 20.0. The molecule has 0 radical (unpaired) electrons. The smallest absolute Gasteiger partial charge is 0.456 e. The molecule has 0 rings (SSSR count). The number of unbranched alkanes of at least 4 members (excludes halogenated alkanes) is 15. The lowest BCUT2D eigenvalue weighted by molar-refractivity contribution is -0.870. The van der Waals surface area contributed by atoms with E-state index in [0.717, 1.165) is 70.6 Å². The molecule has 0 heterocycles. The van der Waals surface area contributed by atoms with Crippen LogP contribution in [0.3, 0.4) is 0 Å². The van der Waals surface area contributed by atoms with Gasteiger partial charge in [0.1, 0.15) is 19.3 Å². The van der Waals surface area contributed by atoms with Gasteiger partial charge in [0.2, 0.25) is 5.91 Å². The summed E-state index contributed by atoms with van der Waals surface area (Å²) in [6.45, 7) is 6.59. The number of quaternary nitrogens is 1. The number of allylic oxidation sites excluding steroid dienone is 25. The van der Waals surface area contributed by atoms with Crippen molar-refractivity contribution in [3.63, 3.8) is 0 Å². The van der Waals surface area contributed by atoms with Gasteiger partial charge in [-0.1, -0.05) is 237 Å². The molecule has 0 fully saturated rings. The van der Waals surface area contributed by atoms with Gasteiger partial charge in [-0.3, -0.25) is 18.6 Å². The molecule has 0 aromatic rings. The first-order valence-corrected chi connectivity index (χ1v) is 28.5. The third-order valence-corrected chi connectivity index (χ3v) is 11.8. The van der Waals surface area contributed by atoms with E-state index in [9.17, 15) is 19.0 Å². The summed E-state index contributed by atoms with van der Waals surface area (Å²) in [6.07, 6.45) is 72.4. The molecule has 0 aromatic carbocycles. The minimum atomic E-state index is -4.48. The van der Waals surface area contributed by atoms with Crippen molar-refractivity contribution in [1.29, 1.82) is 0 Å². The zero-order valence-corrected chi connectivity index (χ0v) is 46.0. The highest BCUT2D eigenvalue weighted by Crippen LogP contribution is 2.43. The van der Waals surface area contributed by atoms with Crippen molar-refractivity contribution in [2.24, 2.45) is 0 Å². The van der Waals surface area contributed by atoms with E-state index in [1.807, 2.05) is 155 Å². The molecule has 10 heteroatoms. The molecular formula is C61H98N2O7P+. The topological polar surface area (TPSA) is 111 Å². The van der Waals surface area contributed by atoms with Gasteiger partial charge in [-0.05, 0) is 70.3 Å². The minimum Gasteiger partial charge on any atom is -0.456 e. The van der Waals surface area contributed by atoms with Crippen LogP contribution in [-0.4, -0.2) is 74.3 Å². The van der Waals surface area contributed by atoms with E-state index < -0.39 is 20.0 Å². The SMILES string of the molecule is CC\C=C/C=C/C=C/C=C\C=C\C=C\CCCCCC(=O)NC(COP(=O)(O)OCC[N+](C)(C)C)C(/C=C/CCCCCCCCCCC)OC(=O)CCCCC/C=C/C=C/C=C\C=C\C=C\C=C/CC. The first-order valence-electron chi connectivity index (χ1n) is 27.0. The number of rotatable bonds is 45. The Hall–Kier alpha value is -4.37. The molecule has 9 nitrogen and oxygen atoms in total. The first kappa shape index (κ1) is 66.6. The predicted molar refractivity (Wildman–Crippen MR) is 304 cm³/mol. The van der Waals surface area contributed by atoms with Crippen LogP contribution in [0.4, 0.5) is 0 Å². The van der Waals surface area contributed by atoms with Crippen molar-refractivity contribution in [2.45, 2.75) is 174 Å². The zero-order valence-electron chi connectivity index (χ0n) is 45.1. The van der Waals surface area contributed by atoms with Crippen LogP contribution >= 0.6 is 7.82 Å². The van der Waals surface area contributed by atoms with E-state index >= 15 is 0 Å². The molecule has 398 valence electrons. The van der Waals surface area contributed by atoms with Gasteiger partial charge < -0.3 is 19.4 Å². The number of amides is 1. The quantitative estimate of drug-likeness (QED) is 0.0156. The lowest BCUT2D eigenvalue weighted by atomic mass is 10.1. The Morgan fingerprint density at radius 3 is 1.35 bits per heavy atom. The van der Waals surface area contributed by atoms with Crippen molar-refractivity contribution < 1.29 is 37.3 Å². The third-order valence-electron chi connectivity index (χ3n) is 10.8. The summed E-state index contributed by atoms with van der Waals surface area (Å²) in [4.78, 5) is 37.5. The highest BCUT2D eigenvalue weighted by molar-refractivity contribution is 7.47. The molecule has 2 N–H and O–H groups in total. The van der Waals surface area contributed by atoms with Crippen molar-refractivity contribution in [2.75, 3.05) is 40.9 Å². The summed E-state index contributed by atoms with van der Waals surface area (Å²) < 4.78 is 30.5. The fourth-order valence-corrected chi connectivity index (χ4v) is 7.38. The Balaban J connectivity index is 5.59. The Bertz CT molecular complexity index is 1770. The van der Waals surface area contributed by atoms with Gasteiger partial charge in [-0.25, -0.2) is 4.57 Å². The average Bonchev–Trinajstić information content (AvgIpc) is 3.33. The standard InChI is InChI=1S/C61H97N2O7P/c1-7-10-13-16-19-22-25-27-29-31-33-35-38-41-44-47-50-53-60(64)62-58(57-69-71(66,67)68-56-55-63(4,5)6)59(52-49-46-43-40-37-24-21-18-15-12-9-3)70-61(65)54-51-48-45-42-39-36-34-32-30-28-26-23-20-17-14-11-8-2/h10-11,13-14,16-17,19-20,22-23,25-36,38-39,49,52,58-59H,7-9,12,15,18,21,24,37,40-48,50-51,53-57H2,1-6H3,(H-,62,64,66,67)/p+1/b13-10-,14-11-,19-16+,20-17+,25-22+,26-23+,29-27-,30-28-,33-31+,34-32+,38-35+,39-36+,52-49+. The summed E-state index contributed by atoms with van der Waals surface area (Å²) >= 11 is 0. The molecule has 1 amide bonds. The largest absolute Gasteiger partial charge is 0.472 e. The lowest BCUT2D eigenvalue weighted by Crippen LogP contribution is -2.47. The second-order valence-electron chi connectivity index (χ2n) is 18.6. The van der Waals surface area contributed by atoms with Crippen LogP contribution in [0.15, 0.2) is 158 Å². The first-order chi connectivity index (χ1) is 34.4. The monoisotopic (exact) mass is 1000 g/mol. The number of phosphoric acid groups is 1. The maximum atomic E-state index is 13.5. The van der Waals surface area contributed by atoms with E-state index in [-0.39, 0.29) is 37.9 Å². The summed E-state index contributed by atoms with van der Waals surface area (Å²) in [5.74, 6) is -0.628. The van der Waals surface area contributed by atoms with Crippen LogP contribution in [0.5, 0.6) is 0 Å². The summed E-state index contributed by atoms with van der Waals surface area (Å²) in [6, 6.07) is -0.902. The van der Waals surface area contributed by atoms with E-state index in [1.54, 1.807) is 0 Å². The van der Waals surface area contributed by atoms with E-state index in [4.69, 9.17) is 13.8 Å². The van der Waals surface area contributed by atoms with Crippen molar-refractivity contribution >= 4 is 19.7 Å². The fourth-order valence-electron chi connectivity index (χ4n) is 6.65. The van der Waals surface area contributed by atoms with Crippen molar-refractivity contribution in [1.82, 2.24) is 5.32 Å². The molecular weight excluding hydrogens is 904 g/mol. The minimum absolute atomic E-state index is 0.0126. The molecule has 71 heavy (non-hydrogen) atoms. The van der Waals surface area contributed by atoms with Gasteiger partial charge in [0.25, 0.3) is 0 Å². The summed E-state index contributed by atoms with van der Waals surface area (Å²) in [5.41, 5.74) is 0. The van der Waals surface area contributed by atoms with Gasteiger partial charge in [0.15, 0.2) is 0 Å². The fraction of sp³-hybridized carbons (Fsp3) is 0.541. The number of likely N-dealkylation sites (N-methyl/N-ethyl adjacent to an activating group) is 1. The van der Waals surface area contributed by atoms with Gasteiger partial charge in [0.05, 0.1) is 33.8 Å². The Kier molecular flexibility index (Phi) is 46.2. The van der Waals surface area contributed by atoms with Crippen LogP contribution in [-0.2, 0) is 27.9 Å². The highest BCUT2D eigenvalue weighted by Gasteiger charge is 2.30. The molecule has 0 spiro atoms.